The van der Waals surface area contributed by atoms with Gasteiger partial charge in [-0.3, -0.25) is 9.59 Å². The molecule has 0 spiro atoms. The van der Waals surface area contributed by atoms with Crippen molar-refractivity contribution < 1.29 is 23.8 Å². The summed E-state index contributed by atoms with van der Waals surface area (Å²) < 4.78 is 15.8. The van der Waals surface area contributed by atoms with Crippen LogP contribution < -0.4 is 14.4 Å². The van der Waals surface area contributed by atoms with Crippen LogP contribution in [0.1, 0.15) is 11.1 Å². The lowest BCUT2D eigenvalue weighted by atomic mass is 9.99. The number of likely N-dealkylation sites (N-methyl/N-ethyl adjacent to an activating group) is 1. The average Bonchev–Trinajstić information content (AvgIpc) is 2.76. The number of esters is 1. The van der Waals surface area contributed by atoms with Crippen molar-refractivity contribution in [2.45, 2.75) is 13.0 Å². The molecule has 1 aliphatic heterocycles. The standard InChI is InChI=1S/C20H24N4O5/c1-23(20-21-6-4-7-22-20)12-19(26)29-13-18(25)24-8-5-14-9-16(27-2)17(28-3)10-15(14)11-24/h4,6-7,9-10H,5,8,11-13H2,1-3H3. The number of rotatable bonds is 7. The summed E-state index contributed by atoms with van der Waals surface area (Å²) >= 11 is 0. The second-order valence-electron chi connectivity index (χ2n) is 6.61. The van der Waals surface area contributed by atoms with E-state index < -0.39 is 5.97 Å². The number of anilines is 1. The summed E-state index contributed by atoms with van der Waals surface area (Å²) in [6.07, 6.45) is 3.88. The van der Waals surface area contributed by atoms with Crippen LogP contribution in [-0.4, -0.2) is 67.7 Å². The molecule has 0 unspecified atom stereocenters. The van der Waals surface area contributed by atoms with Crippen LogP contribution in [0.4, 0.5) is 5.95 Å². The number of hydrogen-bond acceptors (Lipinski definition) is 8. The summed E-state index contributed by atoms with van der Waals surface area (Å²) in [5, 5.41) is 0. The number of methoxy groups -OCH3 is 2. The number of amides is 1. The average molecular weight is 400 g/mol. The van der Waals surface area contributed by atoms with Crippen molar-refractivity contribution in [3.63, 3.8) is 0 Å². The third-order valence-electron chi connectivity index (χ3n) is 4.69. The molecule has 0 fully saturated rings. The van der Waals surface area contributed by atoms with Gasteiger partial charge in [-0.2, -0.15) is 0 Å². The first kappa shape index (κ1) is 20.4. The topological polar surface area (TPSA) is 94.1 Å². The van der Waals surface area contributed by atoms with Crippen LogP contribution in [0.3, 0.4) is 0 Å². The summed E-state index contributed by atoms with van der Waals surface area (Å²) in [5.74, 6) is 0.951. The summed E-state index contributed by atoms with van der Waals surface area (Å²) in [6.45, 7) is 0.641. The van der Waals surface area contributed by atoms with Crippen LogP contribution in [-0.2, 0) is 27.3 Å². The Morgan fingerprint density at radius 2 is 1.76 bits per heavy atom. The molecular formula is C20H24N4O5. The lowest BCUT2D eigenvalue weighted by molar-refractivity contribution is -0.151. The number of nitrogens with zero attached hydrogens (tertiary/aromatic N) is 4. The number of aromatic nitrogens is 2. The lowest BCUT2D eigenvalue weighted by Crippen LogP contribution is -2.39. The van der Waals surface area contributed by atoms with Gasteiger partial charge in [0.2, 0.25) is 5.95 Å². The maximum Gasteiger partial charge on any atom is 0.326 e. The summed E-state index contributed by atoms with van der Waals surface area (Å²) in [5.41, 5.74) is 2.11. The van der Waals surface area contributed by atoms with Gasteiger partial charge < -0.3 is 24.0 Å². The van der Waals surface area contributed by atoms with Crippen molar-refractivity contribution in [3.8, 4) is 11.5 Å². The summed E-state index contributed by atoms with van der Waals surface area (Å²) in [6, 6.07) is 5.52. The van der Waals surface area contributed by atoms with E-state index in [0.29, 0.717) is 37.0 Å². The molecule has 2 aromatic rings. The molecule has 3 rings (SSSR count). The quantitative estimate of drug-likeness (QED) is 0.637. The van der Waals surface area contributed by atoms with Crippen LogP contribution >= 0.6 is 0 Å². The molecule has 9 heteroatoms. The van der Waals surface area contributed by atoms with E-state index >= 15 is 0 Å². The maximum absolute atomic E-state index is 12.5. The molecule has 29 heavy (non-hydrogen) atoms. The van der Waals surface area contributed by atoms with Crippen LogP contribution in [0, 0.1) is 0 Å². The highest BCUT2D eigenvalue weighted by molar-refractivity contribution is 5.82. The number of hydrogen-bond donors (Lipinski definition) is 0. The minimum atomic E-state index is -0.517. The molecule has 1 aromatic carbocycles. The molecule has 0 saturated heterocycles. The molecule has 2 heterocycles. The van der Waals surface area contributed by atoms with E-state index in [9.17, 15) is 9.59 Å². The second-order valence-corrected chi connectivity index (χ2v) is 6.61. The predicted molar refractivity (Wildman–Crippen MR) is 105 cm³/mol. The smallest absolute Gasteiger partial charge is 0.326 e. The summed E-state index contributed by atoms with van der Waals surface area (Å²) in [4.78, 5) is 35.9. The number of carbonyl (C=O) groups is 2. The van der Waals surface area contributed by atoms with E-state index in [1.54, 1.807) is 49.5 Å². The molecule has 0 N–H and O–H groups in total. The molecule has 0 saturated carbocycles. The Bertz CT molecular complexity index is 875. The van der Waals surface area contributed by atoms with E-state index in [2.05, 4.69) is 9.97 Å². The van der Waals surface area contributed by atoms with E-state index in [0.717, 1.165) is 11.1 Å². The first-order valence-corrected chi connectivity index (χ1v) is 9.17. The van der Waals surface area contributed by atoms with Crippen molar-refractivity contribution in [3.05, 3.63) is 41.7 Å². The van der Waals surface area contributed by atoms with Gasteiger partial charge in [-0.25, -0.2) is 9.97 Å². The Morgan fingerprint density at radius 1 is 1.10 bits per heavy atom. The predicted octanol–water partition coefficient (Wildman–Crippen LogP) is 1.06. The van der Waals surface area contributed by atoms with Crippen LogP contribution in [0.25, 0.3) is 0 Å². The van der Waals surface area contributed by atoms with Gasteiger partial charge >= 0.3 is 5.97 Å². The van der Waals surface area contributed by atoms with Crippen LogP contribution in [0.15, 0.2) is 30.6 Å². The van der Waals surface area contributed by atoms with E-state index in [1.807, 2.05) is 12.1 Å². The van der Waals surface area contributed by atoms with Gasteiger partial charge in [0.05, 0.1) is 14.2 Å². The molecule has 0 radical (unpaired) electrons. The molecule has 0 atom stereocenters. The van der Waals surface area contributed by atoms with Crippen molar-refractivity contribution >= 4 is 17.8 Å². The molecule has 9 nitrogen and oxygen atoms in total. The highest BCUT2D eigenvalue weighted by Gasteiger charge is 2.24. The van der Waals surface area contributed by atoms with Gasteiger partial charge in [-0.05, 0) is 35.7 Å². The molecule has 1 aliphatic rings. The van der Waals surface area contributed by atoms with Crippen molar-refractivity contribution in [1.29, 1.82) is 0 Å². The maximum atomic E-state index is 12.5. The highest BCUT2D eigenvalue weighted by Crippen LogP contribution is 2.33. The second kappa shape index (κ2) is 9.22. The molecule has 0 bridgehead atoms. The largest absolute Gasteiger partial charge is 0.493 e. The Hall–Kier alpha value is -3.36. The number of benzene rings is 1. The highest BCUT2D eigenvalue weighted by atomic mass is 16.5. The van der Waals surface area contributed by atoms with Gasteiger partial charge in [-0.1, -0.05) is 0 Å². The Kier molecular flexibility index (Phi) is 6.48. The van der Waals surface area contributed by atoms with Crippen LogP contribution in [0.2, 0.25) is 0 Å². The minimum absolute atomic E-state index is 0.0445. The third-order valence-corrected chi connectivity index (χ3v) is 4.69. The molecular weight excluding hydrogens is 376 g/mol. The minimum Gasteiger partial charge on any atom is -0.493 e. The fourth-order valence-electron chi connectivity index (χ4n) is 3.13. The first-order chi connectivity index (χ1) is 14.0. The zero-order valence-electron chi connectivity index (χ0n) is 16.8. The monoisotopic (exact) mass is 400 g/mol. The first-order valence-electron chi connectivity index (χ1n) is 9.17. The van der Waals surface area contributed by atoms with E-state index in [-0.39, 0.29) is 19.1 Å². The van der Waals surface area contributed by atoms with Gasteiger partial charge in [0.25, 0.3) is 5.91 Å². The van der Waals surface area contributed by atoms with Crippen LogP contribution in [0.5, 0.6) is 11.5 Å². The summed E-state index contributed by atoms with van der Waals surface area (Å²) in [7, 11) is 4.85. The van der Waals surface area contributed by atoms with Gasteiger partial charge in [0, 0.05) is 32.5 Å². The Labute approximate surface area is 169 Å². The normalized spacial score (nSPS) is 12.7. The Morgan fingerprint density at radius 3 is 2.41 bits per heavy atom. The fraction of sp³-hybridized carbons (Fsp3) is 0.400. The van der Waals surface area contributed by atoms with Crippen molar-refractivity contribution in [1.82, 2.24) is 14.9 Å². The zero-order valence-corrected chi connectivity index (χ0v) is 16.8. The van der Waals surface area contributed by atoms with Gasteiger partial charge in [0.15, 0.2) is 18.1 Å². The van der Waals surface area contributed by atoms with Crippen molar-refractivity contribution in [2.75, 3.05) is 45.9 Å². The van der Waals surface area contributed by atoms with Crippen molar-refractivity contribution in [2.24, 2.45) is 0 Å². The molecule has 0 aliphatic carbocycles. The third kappa shape index (κ3) is 4.92. The van der Waals surface area contributed by atoms with Gasteiger partial charge in [0.1, 0.15) is 6.54 Å². The Balaban J connectivity index is 1.53. The van der Waals surface area contributed by atoms with Gasteiger partial charge in [-0.15, -0.1) is 0 Å². The lowest BCUT2D eigenvalue weighted by Gasteiger charge is -2.29. The number of ether oxygens (including phenoxy) is 3. The molecule has 1 aromatic heterocycles. The molecule has 154 valence electrons. The number of carbonyl (C=O) groups excluding carboxylic acids is 2. The number of fused-ring (bicyclic) bond motifs is 1. The molecule has 1 amide bonds. The SMILES string of the molecule is COc1cc2c(cc1OC)CN(C(=O)COC(=O)CN(C)c1ncccn1)CC2. The van der Waals surface area contributed by atoms with E-state index in [4.69, 9.17) is 14.2 Å². The fourth-order valence-corrected chi connectivity index (χ4v) is 3.13. The zero-order chi connectivity index (χ0) is 20.8. The van der Waals surface area contributed by atoms with E-state index in [1.165, 1.54) is 0 Å².